The van der Waals surface area contributed by atoms with Gasteiger partial charge in [-0.1, -0.05) is 0 Å². The maximum Gasteiger partial charge on any atom is 0.351 e. The number of carbonyl (C=O) groups excluding carboxylic acids is 1. The van der Waals surface area contributed by atoms with Gasteiger partial charge in [0.2, 0.25) is 9.84 Å². The van der Waals surface area contributed by atoms with Crippen LogP contribution in [0.5, 0.6) is 5.75 Å². The average Bonchev–Trinajstić information content (AvgIpc) is 2.62. The van der Waals surface area contributed by atoms with E-state index >= 15 is 0 Å². The van der Waals surface area contributed by atoms with Gasteiger partial charge in [-0.25, -0.2) is 17.6 Å². The van der Waals surface area contributed by atoms with Crippen molar-refractivity contribution >= 4 is 27.2 Å². The Balaban J connectivity index is 2.19. The maximum atomic E-state index is 13.8. The molecule has 0 fully saturated rings. The van der Waals surface area contributed by atoms with E-state index in [0.29, 0.717) is 18.0 Å². The second-order valence-electron chi connectivity index (χ2n) is 5.40. The van der Waals surface area contributed by atoms with E-state index < -0.39 is 26.5 Å². The van der Waals surface area contributed by atoms with Crippen molar-refractivity contribution in [2.75, 3.05) is 18.6 Å². The fraction of sp³-hybridized carbons (Fsp3) is 0.167. The minimum Gasteiger partial charge on any atom is -0.494 e. The number of rotatable bonds is 4. The summed E-state index contributed by atoms with van der Waals surface area (Å²) in [5, 5.41) is 0. The van der Waals surface area contributed by atoms with Crippen molar-refractivity contribution < 1.29 is 27.1 Å². The Morgan fingerprint density at radius 1 is 1.15 bits per heavy atom. The Kier molecular flexibility index (Phi) is 4.69. The van der Waals surface area contributed by atoms with E-state index in [4.69, 9.17) is 4.74 Å². The molecule has 0 N–H and O–H groups in total. The molecule has 0 saturated heterocycles. The summed E-state index contributed by atoms with van der Waals surface area (Å²) in [6, 6.07) is 10.0. The monoisotopic (exact) mass is 377 g/mol. The second kappa shape index (κ2) is 6.80. The third-order valence-electron chi connectivity index (χ3n) is 3.82. The number of esters is 1. The lowest BCUT2D eigenvalue weighted by atomic mass is 10.2. The van der Waals surface area contributed by atoms with Gasteiger partial charge in [0.05, 0.1) is 24.3 Å². The zero-order valence-electron chi connectivity index (χ0n) is 14.1. The molecule has 0 amide bonds. The van der Waals surface area contributed by atoms with Crippen molar-refractivity contribution in [3.8, 4) is 5.75 Å². The topological polar surface area (TPSA) is 72.9 Å². The number of hydrogen-bond acceptors (Lipinski definition) is 6. The molecule has 26 heavy (non-hydrogen) atoms. The van der Waals surface area contributed by atoms with Gasteiger partial charge in [0.15, 0.2) is 4.91 Å². The van der Waals surface area contributed by atoms with Crippen LogP contribution in [0, 0.1) is 5.82 Å². The molecule has 0 bridgehead atoms. The molecule has 1 aliphatic heterocycles. The van der Waals surface area contributed by atoms with Crippen LogP contribution < -0.4 is 9.64 Å². The first kappa shape index (κ1) is 17.9. The smallest absolute Gasteiger partial charge is 0.351 e. The van der Waals surface area contributed by atoms with E-state index in [1.165, 1.54) is 4.90 Å². The predicted molar refractivity (Wildman–Crippen MR) is 93.4 cm³/mol. The standard InChI is InChI=1S/C18H16FNO5S/c1-3-25-14-7-5-13(6-8-14)20-11-17(18(21)24-2)26(22,23)16-9-4-12(19)10-15(16)20/h4-11H,3H2,1-2H3. The summed E-state index contributed by atoms with van der Waals surface area (Å²) < 4.78 is 49.1. The number of ether oxygens (including phenoxy) is 2. The number of anilines is 2. The van der Waals surface area contributed by atoms with E-state index in [0.717, 1.165) is 31.5 Å². The van der Waals surface area contributed by atoms with Crippen LogP contribution >= 0.6 is 0 Å². The molecule has 0 atom stereocenters. The molecule has 0 saturated carbocycles. The number of benzene rings is 2. The number of fused-ring (bicyclic) bond motifs is 1. The van der Waals surface area contributed by atoms with Gasteiger partial charge in [-0.2, -0.15) is 0 Å². The van der Waals surface area contributed by atoms with Crippen LogP contribution in [0.25, 0.3) is 0 Å². The van der Waals surface area contributed by atoms with Gasteiger partial charge in [0.25, 0.3) is 0 Å². The largest absolute Gasteiger partial charge is 0.494 e. The number of carbonyl (C=O) groups is 1. The van der Waals surface area contributed by atoms with Gasteiger partial charge >= 0.3 is 5.97 Å². The van der Waals surface area contributed by atoms with Gasteiger partial charge in [-0.3, -0.25) is 0 Å². The summed E-state index contributed by atoms with van der Waals surface area (Å²) in [6.45, 7) is 2.36. The van der Waals surface area contributed by atoms with Crippen LogP contribution in [-0.2, 0) is 19.4 Å². The summed E-state index contributed by atoms with van der Waals surface area (Å²) >= 11 is 0. The van der Waals surface area contributed by atoms with Crippen LogP contribution in [-0.4, -0.2) is 28.1 Å². The van der Waals surface area contributed by atoms with E-state index in [1.807, 2.05) is 6.92 Å². The molecule has 1 heterocycles. The highest BCUT2D eigenvalue weighted by atomic mass is 32.2. The van der Waals surface area contributed by atoms with Crippen molar-refractivity contribution in [1.29, 1.82) is 0 Å². The molecule has 0 radical (unpaired) electrons. The van der Waals surface area contributed by atoms with Crippen molar-refractivity contribution in [2.24, 2.45) is 0 Å². The van der Waals surface area contributed by atoms with Crippen molar-refractivity contribution in [1.82, 2.24) is 0 Å². The molecule has 0 spiro atoms. The number of halogens is 1. The van der Waals surface area contributed by atoms with E-state index in [1.54, 1.807) is 24.3 Å². The fourth-order valence-electron chi connectivity index (χ4n) is 2.63. The number of sulfone groups is 1. The molecule has 2 aromatic rings. The third kappa shape index (κ3) is 3.03. The highest BCUT2D eigenvalue weighted by Crippen LogP contribution is 2.40. The Morgan fingerprint density at radius 2 is 1.85 bits per heavy atom. The zero-order valence-corrected chi connectivity index (χ0v) is 14.9. The first-order valence-electron chi connectivity index (χ1n) is 7.75. The Hall–Kier alpha value is -2.87. The third-order valence-corrected chi connectivity index (χ3v) is 5.59. The quantitative estimate of drug-likeness (QED) is 0.602. The van der Waals surface area contributed by atoms with Crippen LogP contribution in [0.15, 0.2) is 58.5 Å². The summed E-state index contributed by atoms with van der Waals surface area (Å²) in [6.07, 6.45) is 1.14. The van der Waals surface area contributed by atoms with Crippen molar-refractivity contribution in [3.63, 3.8) is 0 Å². The summed E-state index contributed by atoms with van der Waals surface area (Å²) in [5.74, 6) is -0.946. The molecule has 1 aliphatic rings. The highest BCUT2D eigenvalue weighted by molar-refractivity contribution is 7.96. The lowest BCUT2D eigenvalue weighted by molar-refractivity contribution is -0.135. The molecular weight excluding hydrogens is 361 g/mol. The SMILES string of the molecule is CCOc1ccc(N2C=C(C(=O)OC)S(=O)(=O)c3ccc(F)cc32)cc1. The first-order valence-corrected chi connectivity index (χ1v) is 9.23. The Morgan fingerprint density at radius 3 is 2.46 bits per heavy atom. The van der Waals surface area contributed by atoms with Crippen LogP contribution in [0.4, 0.5) is 15.8 Å². The van der Waals surface area contributed by atoms with Crippen molar-refractivity contribution in [2.45, 2.75) is 11.8 Å². The van der Waals surface area contributed by atoms with E-state index in [-0.39, 0.29) is 10.6 Å². The molecule has 2 aromatic carbocycles. The molecule has 0 aromatic heterocycles. The highest BCUT2D eigenvalue weighted by Gasteiger charge is 2.36. The van der Waals surface area contributed by atoms with Gasteiger partial charge in [0, 0.05) is 11.9 Å². The molecule has 0 aliphatic carbocycles. The molecular formula is C18H16FNO5S. The molecule has 0 unspecified atom stereocenters. The zero-order chi connectivity index (χ0) is 18.9. The fourth-order valence-corrected chi connectivity index (χ4v) is 4.09. The lowest BCUT2D eigenvalue weighted by Gasteiger charge is -2.28. The molecule has 8 heteroatoms. The van der Waals surface area contributed by atoms with Gasteiger partial charge < -0.3 is 14.4 Å². The van der Waals surface area contributed by atoms with Gasteiger partial charge in [-0.15, -0.1) is 0 Å². The van der Waals surface area contributed by atoms with Gasteiger partial charge in [0.1, 0.15) is 11.6 Å². The number of hydrogen-bond donors (Lipinski definition) is 0. The van der Waals surface area contributed by atoms with E-state index in [2.05, 4.69) is 4.74 Å². The van der Waals surface area contributed by atoms with Crippen molar-refractivity contribution in [3.05, 3.63) is 59.4 Å². The molecule has 136 valence electrons. The normalized spacial score (nSPS) is 15.0. The minimum atomic E-state index is -4.12. The first-order chi connectivity index (χ1) is 12.4. The second-order valence-corrected chi connectivity index (χ2v) is 7.28. The predicted octanol–water partition coefficient (Wildman–Crippen LogP) is 3.16. The summed E-state index contributed by atoms with van der Waals surface area (Å²) in [4.78, 5) is 12.7. The minimum absolute atomic E-state index is 0.113. The molecule has 3 rings (SSSR count). The molecule has 6 nitrogen and oxygen atoms in total. The Labute approximate surface area is 150 Å². The average molecular weight is 377 g/mol. The maximum absolute atomic E-state index is 13.8. The van der Waals surface area contributed by atoms with E-state index in [9.17, 15) is 17.6 Å². The lowest BCUT2D eigenvalue weighted by Crippen LogP contribution is -2.26. The number of methoxy groups -OCH3 is 1. The van der Waals surface area contributed by atoms with Crippen LogP contribution in [0.3, 0.4) is 0 Å². The Bertz CT molecular complexity index is 983. The number of nitrogens with zero attached hydrogens (tertiary/aromatic N) is 1. The van der Waals surface area contributed by atoms with Crippen LogP contribution in [0.1, 0.15) is 6.92 Å². The summed E-state index contributed by atoms with van der Waals surface area (Å²) in [5.41, 5.74) is 0.651. The van der Waals surface area contributed by atoms with Crippen LogP contribution in [0.2, 0.25) is 0 Å². The summed E-state index contributed by atoms with van der Waals surface area (Å²) in [7, 11) is -3.02. The van der Waals surface area contributed by atoms with Gasteiger partial charge in [-0.05, 0) is 49.4 Å².